The van der Waals surface area contributed by atoms with Crippen molar-refractivity contribution in [3.63, 3.8) is 0 Å². The summed E-state index contributed by atoms with van der Waals surface area (Å²) in [6.07, 6.45) is 1.44. The third-order valence-corrected chi connectivity index (χ3v) is 4.35. The summed E-state index contributed by atoms with van der Waals surface area (Å²) < 4.78 is 0. The van der Waals surface area contributed by atoms with Crippen molar-refractivity contribution in [1.82, 2.24) is 4.98 Å². The van der Waals surface area contributed by atoms with Gasteiger partial charge in [0.1, 0.15) is 0 Å². The number of aromatic amines is 1. The number of H-pyrrole nitrogens is 1. The van der Waals surface area contributed by atoms with Crippen LogP contribution in [0.1, 0.15) is 5.56 Å². The zero-order valence-electron chi connectivity index (χ0n) is 12.9. The highest BCUT2D eigenvalue weighted by Crippen LogP contribution is 2.34. The van der Waals surface area contributed by atoms with E-state index in [1.165, 1.54) is 11.6 Å². The Hall–Kier alpha value is -3.07. The van der Waals surface area contributed by atoms with Gasteiger partial charge in [-0.3, -0.25) is 0 Å². The molecule has 1 aromatic heterocycles. The molecule has 0 aliphatic heterocycles. The zero-order valence-corrected chi connectivity index (χ0v) is 12.9. The topological polar surface area (TPSA) is 42.9 Å². The first kappa shape index (κ1) is 13.6. The van der Waals surface area contributed by atoms with Crippen LogP contribution in [0.5, 0.6) is 0 Å². The van der Waals surface area contributed by atoms with Crippen molar-refractivity contribution in [2.75, 3.05) is 11.9 Å². The van der Waals surface area contributed by atoms with Gasteiger partial charge in [0.15, 0.2) is 0 Å². The Morgan fingerprint density at radius 2 is 1.61 bits per heavy atom. The quantitative estimate of drug-likeness (QED) is 0.509. The fourth-order valence-corrected chi connectivity index (χ4v) is 3.16. The van der Waals surface area contributed by atoms with Crippen LogP contribution in [-0.4, -0.2) is 18.2 Å². The van der Waals surface area contributed by atoms with E-state index < -0.39 is 0 Å². The largest absolute Gasteiger partial charge is 0.354 e. The fourth-order valence-electron chi connectivity index (χ4n) is 3.16. The Bertz CT molecular complexity index is 999. The zero-order chi connectivity index (χ0) is 15.8. The van der Waals surface area contributed by atoms with Gasteiger partial charge in [-0.25, -0.2) is 0 Å². The van der Waals surface area contributed by atoms with E-state index in [0.29, 0.717) is 0 Å². The molecule has 3 aromatic carbocycles. The lowest BCUT2D eigenvalue weighted by molar-refractivity contribution is 1.21. The van der Waals surface area contributed by atoms with Crippen molar-refractivity contribution in [2.45, 2.75) is 0 Å². The molecule has 2 N–H and O–H groups in total. The average Bonchev–Trinajstić information content (AvgIpc) is 2.99. The molecule has 0 spiro atoms. The summed E-state index contributed by atoms with van der Waals surface area (Å²) in [5.74, 6) is 0. The van der Waals surface area contributed by atoms with Gasteiger partial charge in [0.25, 0.3) is 0 Å². The molecular weight excluding hydrogens is 282 g/mol. The molecule has 0 unspecified atom stereocenters. The minimum Gasteiger partial charge on any atom is -0.354 e. The summed E-state index contributed by atoms with van der Waals surface area (Å²) in [4.78, 5) is 5.58. The first-order chi connectivity index (χ1) is 11.3. The summed E-state index contributed by atoms with van der Waals surface area (Å²) in [5.41, 5.74) is 5.15. The highest BCUT2D eigenvalue weighted by atomic mass is 15.1. The fraction of sp³-hybridized carbons (Fsp3) is 0.0500. The van der Waals surface area contributed by atoms with Gasteiger partial charge >= 0.3 is 0 Å². The SMILES string of the molecule is CN(c1ccccc1)c1ccc2c([nH]c3ccccc32)c1C=N. The van der Waals surface area contributed by atoms with Gasteiger partial charge < -0.3 is 15.3 Å². The van der Waals surface area contributed by atoms with E-state index in [-0.39, 0.29) is 0 Å². The highest BCUT2D eigenvalue weighted by molar-refractivity contribution is 6.14. The van der Waals surface area contributed by atoms with Crippen LogP contribution in [0, 0.1) is 5.41 Å². The molecule has 0 radical (unpaired) electrons. The second-order valence-electron chi connectivity index (χ2n) is 5.63. The van der Waals surface area contributed by atoms with Crippen molar-refractivity contribution >= 4 is 39.4 Å². The van der Waals surface area contributed by atoms with E-state index in [9.17, 15) is 0 Å². The number of fused-ring (bicyclic) bond motifs is 3. The molecule has 3 nitrogen and oxygen atoms in total. The van der Waals surface area contributed by atoms with Gasteiger partial charge in [0.05, 0.1) is 11.2 Å². The molecule has 0 amide bonds. The molecule has 0 atom stereocenters. The van der Waals surface area contributed by atoms with Gasteiger partial charge in [0, 0.05) is 40.8 Å². The molecular formula is C20H17N3. The molecule has 0 aliphatic rings. The second kappa shape index (κ2) is 5.29. The summed E-state index contributed by atoms with van der Waals surface area (Å²) in [6, 6.07) is 22.7. The molecule has 23 heavy (non-hydrogen) atoms. The molecule has 3 heteroatoms. The number of hydrogen-bond donors (Lipinski definition) is 2. The lowest BCUT2D eigenvalue weighted by Crippen LogP contribution is -2.11. The number of nitrogens with one attached hydrogen (secondary N) is 2. The summed E-state index contributed by atoms with van der Waals surface area (Å²) in [7, 11) is 2.03. The first-order valence-corrected chi connectivity index (χ1v) is 7.62. The first-order valence-electron chi connectivity index (χ1n) is 7.62. The Labute approximate surface area is 134 Å². The third kappa shape index (κ3) is 2.09. The van der Waals surface area contributed by atoms with Crippen LogP contribution >= 0.6 is 0 Å². The van der Waals surface area contributed by atoms with Crippen molar-refractivity contribution < 1.29 is 0 Å². The maximum atomic E-state index is 7.92. The summed E-state index contributed by atoms with van der Waals surface area (Å²) in [5, 5.41) is 10.3. The average molecular weight is 299 g/mol. The maximum absolute atomic E-state index is 7.92. The highest BCUT2D eigenvalue weighted by Gasteiger charge is 2.14. The number of para-hydroxylation sites is 2. The third-order valence-electron chi connectivity index (χ3n) is 4.35. The number of benzene rings is 3. The lowest BCUT2D eigenvalue weighted by Gasteiger charge is -2.21. The minimum absolute atomic E-state index is 0.907. The van der Waals surface area contributed by atoms with Gasteiger partial charge in [-0.2, -0.15) is 0 Å². The van der Waals surface area contributed by atoms with Crippen molar-refractivity contribution in [1.29, 1.82) is 5.41 Å². The molecule has 4 rings (SSSR count). The Kier molecular flexibility index (Phi) is 3.12. The van der Waals surface area contributed by atoms with Crippen molar-refractivity contribution in [2.24, 2.45) is 0 Å². The van der Waals surface area contributed by atoms with Crippen LogP contribution in [0.15, 0.2) is 66.7 Å². The van der Waals surface area contributed by atoms with E-state index in [0.717, 1.165) is 33.4 Å². The number of anilines is 2. The molecule has 112 valence electrons. The van der Waals surface area contributed by atoms with E-state index in [1.54, 1.807) is 0 Å². The molecule has 0 aliphatic carbocycles. The molecule has 0 saturated heterocycles. The van der Waals surface area contributed by atoms with Gasteiger partial charge in [0.2, 0.25) is 0 Å². The maximum Gasteiger partial charge on any atom is 0.0575 e. The number of nitrogens with zero attached hydrogens (tertiary/aromatic N) is 1. The van der Waals surface area contributed by atoms with E-state index in [1.807, 2.05) is 37.4 Å². The van der Waals surface area contributed by atoms with Crippen LogP contribution in [-0.2, 0) is 0 Å². The van der Waals surface area contributed by atoms with Crippen LogP contribution in [0.4, 0.5) is 11.4 Å². The van der Waals surface area contributed by atoms with E-state index in [4.69, 9.17) is 5.41 Å². The molecule has 1 heterocycles. The minimum atomic E-state index is 0.907. The second-order valence-corrected chi connectivity index (χ2v) is 5.63. The van der Waals surface area contributed by atoms with Crippen LogP contribution < -0.4 is 4.90 Å². The summed E-state index contributed by atoms with van der Waals surface area (Å²) >= 11 is 0. The number of hydrogen-bond acceptors (Lipinski definition) is 2. The Balaban J connectivity index is 1.97. The predicted molar refractivity (Wildman–Crippen MR) is 98.2 cm³/mol. The van der Waals surface area contributed by atoms with E-state index in [2.05, 4.69) is 46.3 Å². The van der Waals surface area contributed by atoms with E-state index >= 15 is 0 Å². The normalized spacial score (nSPS) is 11.0. The number of aromatic nitrogens is 1. The lowest BCUT2D eigenvalue weighted by atomic mass is 10.1. The molecule has 4 aromatic rings. The van der Waals surface area contributed by atoms with Crippen LogP contribution in [0.2, 0.25) is 0 Å². The molecule has 0 fully saturated rings. The molecule has 0 bridgehead atoms. The van der Waals surface area contributed by atoms with Gasteiger partial charge in [-0.05, 0) is 24.3 Å². The van der Waals surface area contributed by atoms with Crippen LogP contribution in [0.3, 0.4) is 0 Å². The van der Waals surface area contributed by atoms with Crippen molar-refractivity contribution in [3.8, 4) is 0 Å². The Morgan fingerprint density at radius 3 is 2.39 bits per heavy atom. The Morgan fingerprint density at radius 1 is 0.870 bits per heavy atom. The summed E-state index contributed by atoms with van der Waals surface area (Å²) in [6.45, 7) is 0. The van der Waals surface area contributed by atoms with Gasteiger partial charge in [-0.1, -0.05) is 42.5 Å². The number of rotatable bonds is 3. The smallest absolute Gasteiger partial charge is 0.0575 e. The van der Waals surface area contributed by atoms with Crippen LogP contribution in [0.25, 0.3) is 21.8 Å². The predicted octanol–water partition coefficient (Wildman–Crippen LogP) is 5.09. The van der Waals surface area contributed by atoms with Crippen molar-refractivity contribution in [3.05, 3.63) is 72.3 Å². The monoisotopic (exact) mass is 299 g/mol. The standard InChI is InChI=1S/C20H17N3/c1-23(14-7-3-2-4-8-14)19-12-11-16-15-9-5-6-10-18(15)22-20(16)17(19)13-21/h2-13,21-22H,1H3. The van der Waals surface area contributed by atoms with Gasteiger partial charge in [-0.15, -0.1) is 0 Å². The molecule has 0 saturated carbocycles.